The monoisotopic (exact) mass is 419 g/mol. The largest absolute Gasteiger partial charge is 0.363 e. The van der Waals surface area contributed by atoms with E-state index in [0.717, 1.165) is 58.9 Å². The van der Waals surface area contributed by atoms with Crippen molar-refractivity contribution < 1.29 is 0 Å². The van der Waals surface area contributed by atoms with Gasteiger partial charge in [0.2, 0.25) is 0 Å². The third-order valence-corrected chi connectivity index (χ3v) is 6.82. The van der Waals surface area contributed by atoms with Crippen LogP contribution in [0.3, 0.4) is 0 Å². The molecule has 4 rings (SSSR count). The highest BCUT2D eigenvalue weighted by molar-refractivity contribution is 7.80. The molecule has 0 radical (unpaired) electrons. The quantitative estimate of drug-likeness (QED) is 0.634. The minimum absolute atomic E-state index is 0.0494. The zero-order chi connectivity index (χ0) is 18.8. The Labute approximate surface area is 170 Å². The van der Waals surface area contributed by atoms with Crippen LogP contribution in [0.2, 0.25) is 0 Å². The first kappa shape index (κ1) is 18.5. The molecule has 0 saturated carbocycles. The van der Waals surface area contributed by atoms with Gasteiger partial charge in [0.15, 0.2) is 5.11 Å². The van der Waals surface area contributed by atoms with Gasteiger partial charge in [-0.2, -0.15) is 0 Å². The van der Waals surface area contributed by atoms with Crippen LogP contribution in [0.15, 0.2) is 27.7 Å². The van der Waals surface area contributed by atoms with E-state index in [9.17, 15) is 4.79 Å². The van der Waals surface area contributed by atoms with E-state index in [0.29, 0.717) is 11.9 Å². The van der Waals surface area contributed by atoms with Gasteiger partial charge in [-0.3, -0.25) is 9.69 Å². The average Bonchev–Trinajstić information content (AvgIpc) is 3.32. The molecule has 3 aromatic rings. The van der Waals surface area contributed by atoms with Gasteiger partial charge in [0.25, 0.3) is 5.56 Å². The van der Waals surface area contributed by atoms with Crippen LogP contribution in [0.5, 0.6) is 0 Å². The van der Waals surface area contributed by atoms with Crippen LogP contribution in [0, 0.1) is 0 Å². The molecule has 0 spiro atoms. The predicted molar refractivity (Wildman–Crippen MR) is 117 cm³/mol. The number of piperazine rings is 1. The lowest BCUT2D eigenvalue weighted by molar-refractivity contribution is 0.171. The van der Waals surface area contributed by atoms with Crippen LogP contribution in [0.25, 0.3) is 20.7 Å². The van der Waals surface area contributed by atoms with Crippen molar-refractivity contribution in [3.05, 3.63) is 39.1 Å². The molecular weight excluding hydrogens is 398 g/mol. The Bertz CT molecular complexity index is 986. The lowest BCUT2D eigenvalue weighted by Crippen LogP contribution is -2.51. The summed E-state index contributed by atoms with van der Waals surface area (Å²) in [7, 11) is 0. The highest BCUT2D eigenvalue weighted by Crippen LogP contribution is 2.33. The van der Waals surface area contributed by atoms with Crippen molar-refractivity contribution in [2.75, 3.05) is 32.7 Å². The Morgan fingerprint density at radius 3 is 2.85 bits per heavy atom. The van der Waals surface area contributed by atoms with E-state index in [1.165, 1.54) is 11.3 Å². The van der Waals surface area contributed by atoms with Crippen LogP contribution in [0.4, 0.5) is 0 Å². The van der Waals surface area contributed by atoms with Gasteiger partial charge in [0.05, 0.1) is 11.9 Å². The second-order valence-corrected chi connectivity index (χ2v) is 8.61. The van der Waals surface area contributed by atoms with Crippen LogP contribution in [-0.4, -0.2) is 57.6 Å². The Morgan fingerprint density at radius 2 is 2.15 bits per heavy atom. The van der Waals surface area contributed by atoms with Gasteiger partial charge in [-0.25, -0.2) is 4.98 Å². The van der Waals surface area contributed by atoms with Crippen LogP contribution >= 0.6 is 34.9 Å². The van der Waals surface area contributed by atoms with E-state index in [-0.39, 0.29) is 5.56 Å². The third-order valence-electron chi connectivity index (χ3n) is 4.64. The number of nitrogens with one attached hydrogen (secondary N) is 2. The molecule has 0 bridgehead atoms. The Balaban J connectivity index is 1.48. The number of aromatic nitrogens is 2. The molecule has 0 aliphatic carbocycles. The fourth-order valence-corrected chi connectivity index (χ4v) is 5.37. The summed E-state index contributed by atoms with van der Waals surface area (Å²) in [5, 5.41) is 8.78. The van der Waals surface area contributed by atoms with Gasteiger partial charge < -0.3 is 15.2 Å². The average molecular weight is 420 g/mol. The number of thiophene rings is 2. The second kappa shape index (κ2) is 8.05. The summed E-state index contributed by atoms with van der Waals surface area (Å²) in [5.74, 6) is 0.731. The van der Waals surface area contributed by atoms with E-state index >= 15 is 0 Å². The van der Waals surface area contributed by atoms with Gasteiger partial charge in [-0.1, -0.05) is 6.07 Å². The lowest BCUT2D eigenvalue weighted by atomic mass is 10.2. The molecule has 0 atom stereocenters. The minimum atomic E-state index is -0.0494. The standard InChI is InChI=1S/C18H21N5OS3/c1-2-19-18(25)23-7-5-22(6-8-23)10-14-20-16(24)15-12(11-27-17(15)21-14)13-4-3-9-26-13/h3-4,9,11H,2,5-8,10H2,1H3,(H,19,25)(H,20,21,24). The number of hydrogen-bond donors (Lipinski definition) is 2. The smallest absolute Gasteiger partial charge is 0.260 e. The van der Waals surface area contributed by atoms with Crippen molar-refractivity contribution in [3.8, 4) is 10.4 Å². The van der Waals surface area contributed by atoms with Crippen molar-refractivity contribution in [2.45, 2.75) is 13.5 Å². The lowest BCUT2D eigenvalue weighted by Gasteiger charge is -2.35. The maximum absolute atomic E-state index is 12.7. The molecule has 1 fully saturated rings. The summed E-state index contributed by atoms with van der Waals surface area (Å²) in [5.41, 5.74) is 0.933. The third kappa shape index (κ3) is 3.91. The number of nitrogens with zero attached hydrogens (tertiary/aromatic N) is 3. The summed E-state index contributed by atoms with van der Waals surface area (Å²) >= 11 is 8.56. The summed E-state index contributed by atoms with van der Waals surface area (Å²) in [4.78, 5) is 26.8. The number of fused-ring (bicyclic) bond motifs is 1. The first-order valence-electron chi connectivity index (χ1n) is 8.95. The topological polar surface area (TPSA) is 64.3 Å². The normalized spacial score (nSPS) is 15.4. The summed E-state index contributed by atoms with van der Waals surface area (Å²) in [6.07, 6.45) is 0. The first-order valence-corrected chi connectivity index (χ1v) is 11.1. The summed E-state index contributed by atoms with van der Waals surface area (Å²) in [6, 6.07) is 4.04. The number of aromatic amines is 1. The highest BCUT2D eigenvalue weighted by Gasteiger charge is 2.20. The number of H-pyrrole nitrogens is 1. The van der Waals surface area contributed by atoms with E-state index in [1.54, 1.807) is 11.3 Å². The summed E-state index contributed by atoms with van der Waals surface area (Å²) in [6.45, 7) is 7.13. The van der Waals surface area contributed by atoms with Crippen molar-refractivity contribution in [1.29, 1.82) is 0 Å². The summed E-state index contributed by atoms with van der Waals surface area (Å²) < 4.78 is 0. The van der Waals surface area contributed by atoms with Gasteiger partial charge in [-0.15, -0.1) is 22.7 Å². The molecule has 3 aromatic heterocycles. The fraction of sp³-hybridized carbons (Fsp3) is 0.389. The molecular formula is C18H21N5OS3. The number of thiocarbonyl (C=S) groups is 1. The maximum atomic E-state index is 12.7. The fourth-order valence-electron chi connectivity index (χ4n) is 3.27. The second-order valence-electron chi connectivity index (χ2n) is 6.42. The Kier molecular flexibility index (Phi) is 5.53. The van der Waals surface area contributed by atoms with E-state index in [4.69, 9.17) is 17.2 Å². The van der Waals surface area contributed by atoms with Gasteiger partial charge >= 0.3 is 0 Å². The molecule has 142 valence electrons. The first-order chi connectivity index (χ1) is 13.2. The van der Waals surface area contributed by atoms with E-state index < -0.39 is 0 Å². The van der Waals surface area contributed by atoms with Crippen molar-refractivity contribution in [1.82, 2.24) is 25.1 Å². The molecule has 0 aromatic carbocycles. The van der Waals surface area contributed by atoms with E-state index in [2.05, 4.69) is 27.0 Å². The molecule has 0 amide bonds. The highest BCUT2D eigenvalue weighted by atomic mass is 32.1. The van der Waals surface area contributed by atoms with Gasteiger partial charge in [0.1, 0.15) is 10.7 Å². The van der Waals surface area contributed by atoms with Crippen molar-refractivity contribution >= 4 is 50.2 Å². The molecule has 2 N–H and O–H groups in total. The molecule has 1 aliphatic rings. The predicted octanol–water partition coefficient (Wildman–Crippen LogP) is 2.73. The van der Waals surface area contributed by atoms with Gasteiger partial charge in [-0.05, 0) is 30.6 Å². The minimum Gasteiger partial charge on any atom is -0.363 e. The van der Waals surface area contributed by atoms with Crippen molar-refractivity contribution in [2.24, 2.45) is 0 Å². The molecule has 1 saturated heterocycles. The Morgan fingerprint density at radius 1 is 1.33 bits per heavy atom. The zero-order valence-electron chi connectivity index (χ0n) is 15.0. The van der Waals surface area contributed by atoms with Crippen molar-refractivity contribution in [3.63, 3.8) is 0 Å². The molecule has 27 heavy (non-hydrogen) atoms. The number of rotatable bonds is 4. The van der Waals surface area contributed by atoms with Crippen LogP contribution < -0.4 is 10.9 Å². The maximum Gasteiger partial charge on any atom is 0.260 e. The van der Waals surface area contributed by atoms with Gasteiger partial charge in [0, 0.05) is 48.5 Å². The molecule has 6 nitrogen and oxygen atoms in total. The van der Waals surface area contributed by atoms with E-state index in [1.807, 2.05) is 22.9 Å². The van der Waals surface area contributed by atoms with Crippen LogP contribution in [0.1, 0.15) is 12.7 Å². The SMILES string of the molecule is CCNC(=S)N1CCN(Cc2nc3scc(-c4cccs4)c3c(=O)[nH]2)CC1. The van der Waals surface area contributed by atoms with Crippen LogP contribution in [-0.2, 0) is 6.54 Å². The molecule has 0 unspecified atom stereocenters. The number of hydrogen-bond acceptors (Lipinski definition) is 6. The Hall–Kier alpha value is -1.81. The molecule has 9 heteroatoms. The zero-order valence-corrected chi connectivity index (χ0v) is 17.5. The molecule has 4 heterocycles. The molecule has 1 aliphatic heterocycles.